The molecule has 4 aromatic rings. The van der Waals surface area contributed by atoms with E-state index in [9.17, 15) is 4.39 Å². The first-order valence-electron chi connectivity index (χ1n) is 8.15. The molecule has 0 radical (unpaired) electrons. The van der Waals surface area contributed by atoms with Gasteiger partial charge in [-0.15, -0.1) is 10.2 Å². The van der Waals surface area contributed by atoms with E-state index in [2.05, 4.69) is 10.2 Å². The highest BCUT2D eigenvalue weighted by Gasteiger charge is 2.18. The van der Waals surface area contributed by atoms with Crippen molar-refractivity contribution in [2.45, 2.75) is 17.8 Å². The topological polar surface area (TPSA) is 43.9 Å². The van der Waals surface area contributed by atoms with E-state index < -0.39 is 0 Å². The van der Waals surface area contributed by atoms with E-state index in [-0.39, 0.29) is 5.82 Å². The van der Waals surface area contributed by atoms with Crippen LogP contribution in [-0.2, 0) is 5.75 Å². The number of nitrogens with zero attached hydrogens (tertiary/aromatic N) is 3. The zero-order valence-corrected chi connectivity index (χ0v) is 14.9. The Morgan fingerprint density at radius 2 is 1.77 bits per heavy atom. The molecule has 6 heteroatoms. The van der Waals surface area contributed by atoms with Crippen molar-refractivity contribution in [3.63, 3.8) is 0 Å². The molecule has 0 saturated heterocycles. The number of aryl methyl sites for hydroxylation is 1. The second kappa shape index (κ2) is 7.17. The van der Waals surface area contributed by atoms with Gasteiger partial charge < -0.3 is 4.42 Å². The number of rotatable bonds is 5. The standard InChI is InChI=1S/C20H16FN3OS/c1-14-18(11-12-25-14)19-22-23-20(24(19)17-5-3-2-4-6-17)26-13-15-7-9-16(21)10-8-15/h2-12H,13H2,1H3. The molecule has 0 bridgehead atoms. The SMILES string of the molecule is Cc1occc1-c1nnc(SCc2ccc(F)cc2)n1-c1ccccc1. The van der Waals surface area contributed by atoms with Gasteiger partial charge in [-0.25, -0.2) is 4.39 Å². The number of hydrogen-bond donors (Lipinski definition) is 0. The monoisotopic (exact) mass is 365 g/mol. The van der Waals surface area contributed by atoms with Gasteiger partial charge in [0, 0.05) is 11.4 Å². The minimum absolute atomic E-state index is 0.232. The van der Waals surface area contributed by atoms with Gasteiger partial charge in [-0.3, -0.25) is 4.57 Å². The second-order valence-corrected chi connectivity index (χ2v) is 6.73. The molecule has 4 nitrogen and oxygen atoms in total. The third-order valence-electron chi connectivity index (χ3n) is 4.03. The van der Waals surface area contributed by atoms with Gasteiger partial charge in [0.1, 0.15) is 11.6 Å². The summed E-state index contributed by atoms with van der Waals surface area (Å²) >= 11 is 1.56. The van der Waals surface area contributed by atoms with Crippen LogP contribution in [0.1, 0.15) is 11.3 Å². The van der Waals surface area contributed by atoms with Gasteiger partial charge >= 0.3 is 0 Å². The highest BCUT2D eigenvalue weighted by Crippen LogP contribution is 2.31. The average molecular weight is 365 g/mol. The number of aromatic nitrogens is 3. The maximum atomic E-state index is 13.1. The van der Waals surface area contributed by atoms with Crippen molar-refractivity contribution in [1.29, 1.82) is 0 Å². The summed E-state index contributed by atoms with van der Waals surface area (Å²) in [4.78, 5) is 0. The summed E-state index contributed by atoms with van der Waals surface area (Å²) in [5.41, 5.74) is 2.92. The maximum absolute atomic E-state index is 13.1. The van der Waals surface area contributed by atoms with E-state index in [1.54, 1.807) is 30.2 Å². The Bertz CT molecular complexity index is 1010. The van der Waals surface area contributed by atoms with Crippen molar-refractivity contribution in [3.05, 3.63) is 84.1 Å². The third kappa shape index (κ3) is 3.28. The summed E-state index contributed by atoms with van der Waals surface area (Å²) in [6.07, 6.45) is 1.65. The van der Waals surface area contributed by atoms with E-state index in [1.807, 2.05) is 47.9 Å². The van der Waals surface area contributed by atoms with Gasteiger partial charge in [0.2, 0.25) is 0 Å². The fraction of sp³-hybridized carbons (Fsp3) is 0.100. The third-order valence-corrected chi connectivity index (χ3v) is 5.03. The lowest BCUT2D eigenvalue weighted by atomic mass is 10.2. The molecule has 2 aromatic carbocycles. The lowest BCUT2D eigenvalue weighted by Crippen LogP contribution is -1.99. The van der Waals surface area contributed by atoms with E-state index in [0.29, 0.717) is 5.75 Å². The van der Waals surface area contributed by atoms with E-state index in [1.165, 1.54) is 12.1 Å². The molecule has 0 aliphatic rings. The van der Waals surface area contributed by atoms with Gasteiger partial charge in [0.25, 0.3) is 0 Å². The first kappa shape index (κ1) is 16.6. The largest absolute Gasteiger partial charge is 0.469 e. The van der Waals surface area contributed by atoms with Crippen LogP contribution in [0.4, 0.5) is 4.39 Å². The Morgan fingerprint density at radius 3 is 2.46 bits per heavy atom. The number of furan rings is 1. The Balaban J connectivity index is 1.71. The second-order valence-electron chi connectivity index (χ2n) is 5.78. The molecule has 4 rings (SSSR count). The van der Waals surface area contributed by atoms with E-state index >= 15 is 0 Å². The maximum Gasteiger partial charge on any atom is 0.196 e. The highest BCUT2D eigenvalue weighted by atomic mass is 32.2. The Hall–Kier alpha value is -2.86. The zero-order valence-electron chi connectivity index (χ0n) is 14.1. The molecule has 0 atom stereocenters. The molecule has 0 aliphatic carbocycles. The number of para-hydroxylation sites is 1. The van der Waals surface area contributed by atoms with Gasteiger partial charge in [-0.05, 0) is 42.8 Å². The van der Waals surface area contributed by atoms with Crippen molar-refractivity contribution >= 4 is 11.8 Å². The minimum Gasteiger partial charge on any atom is -0.469 e. The first-order valence-corrected chi connectivity index (χ1v) is 9.13. The molecule has 2 aromatic heterocycles. The fourth-order valence-corrected chi connectivity index (χ4v) is 3.60. The Labute approximate surface area is 154 Å². The molecular weight excluding hydrogens is 349 g/mol. The lowest BCUT2D eigenvalue weighted by molar-refractivity contribution is 0.535. The molecule has 0 aliphatic heterocycles. The molecular formula is C20H16FN3OS. The average Bonchev–Trinajstić information content (AvgIpc) is 3.27. The van der Waals surface area contributed by atoms with Gasteiger partial charge in [0.15, 0.2) is 11.0 Å². The Morgan fingerprint density at radius 1 is 1.00 bits per heavy atom. The molecule has 0 N–H and O–H groups in total. The molecule has 0 saturated carbocycles. The highest BCUT2D eigenvalue weighted by molar-refractivity contribution is 7.98. The van der Waals surface area contributed by atoms with Crippen LogP contribution in [0.5, 0.6) is 0 Å². The summed E-state index contributed by atoms with van der Waals surface area (Å²) < 4.78 is 20.5. The van der Waals surface area contributed by atoms with Crippen molar-refractivity contribution in [3.8, 4) is 17.1 Å². The molecule has 0 amide bonds. The summed E-state index contributed by atoms with van der Waals surface area (Å²) in [6.45, 7) is 1.91. The summed E-state index contributed by atoms with van der Waals surface area (Å²) in [6, 6.07) is 18.4. The number of benzene rings is 2. The smallest absolute Gasteiger partial charge is 0.196 e. The van der Waals surface area contributed by atoms with E-state index in [4.69, 9.17) is 4.42 Å². The van der Waals surface area contributed by atoms with Crippen LogP contribution in [0.25, 0.3) is 17.1 Å². The van der Waals surface area contributed by atoms with Crippen LogP contribution in [0.3, 0.4) is 0 Å². The fourth-order valence-electron chi connectivity index (χ4n) is 2.69. The van der Waals surface area contributed by atoms with Crippen LogP contribution in [-0.4, -0.2) is 14.8 Å². The van der Waals surface area contributed by atoms with Crippen molar-refractivity contribution in [1.82, 2.24) is 14.8 Å². The number of halogens is 1. The van der Waals surface area contributed by atoms with Crippen LogP contribution in [0.2, 0.25) is 0 Å². The molecule has 0 unspecified atom stereocenters. The van der Waals surface area contributed by atoms with Crippen LogP contribution < -0.4 is 0 Å². The van der Waals surface area contributed by atoms with Crippen LogP contribution in [0.15, 0.2) is 76.5 Å². The summed E-state index contributed by atoms with van der Waals surface area (Å²) in [7, 11) is 0. The van der Waals surface area contributed by atoms with Crippen molar-refractivity contribution in [2.75, 3.05) is 0 Å². The van der Waals surface area contributed by atoms with Crippen LogP contribution in [0, 0.1) is 12.7 Å². The first-order chi connectivity index (χ1) is 12.7. The van der Waals surface area contributed by atoms with E-state index in [0.717, 1.165) is 33.6 Å². The predicted molar refractivity (Wildman–Crippen MR) is 99.8 cm³/mol. The summed E-state index contributed by atoms with van der Waals surface area (Å²) in [5, 5.41) is 9.55. The molecule has 2 heterocycles. The Kier molecular flexibility index (Phi) is 4.58. The molecule has 0 spiro atoms. The number of hydrogen-bond acceptors (Lipinski definition) is 4. The molecule has 0 fully saturated rings. The van der Waals surface area contributed by atoms with Gasteiger partial charge in [-0.1, -0.05) is 42.1 Å². The predicted octanol–water partition coefficient (Wildman–Crippen LogP) is 5.27. The number of thioether (sulfide) groups is 1. The van der Waals surface area contributed by atoms with Gasteiger partial charge in [-0.2, -0.15) is 0 Å². The minimum atomic E-state index is -0.232. The zero-order chi connectivity index (χ0) is 17.9. The van der Waals surface area contributed by atoms with Gasteiger partial charge in [0.05, 0.1) is 11.8 Å². The molecule has 130 valence electrons. The summed E-state index contributed by atoms with van der Waals surface area (Å²) in [5.74, 6) is 1.98. The molecule has 26 heavy (non-hydrogen) atoms. The normalized spacial score (nSPS) is 11.0. The quantitative estimate of drug-likeness (QED) is 0.452. The van der Waals surface area contributed by atoms with Crippen molar-refractivity contribution in [2.24, 2.45) is 0 Å². The lowest BCUT2D eigenvalue weighted by Gasteiger charge is -2.10. The van der Waals surface area contributed by atoms with Crippen LogP contribution >= 0.6 is 11.8 Å². The van der Waals surface area contributed by atoms with Crippen molar-refractivity contribution < 1.29 is 8.81 Å².